The first-order chi connectivity index (χ1) is 17.3. The van der Waals surface area contributed by atoms with Crippen LogP contribution >= 0.6 is 0 Å². The van der Waals surface area contributed by atoms with E-state index in [-0.39, 0.29) is 0 Å². The third-order valence-electron chi connectivity index (χ3n) is 6.32. The van der Waals surface area contributed by atoms with Crippen LogP contribution in [0.5, 0.6) is 0 Å². The van der Waals surface area contributed by atoms with Crippen LogP contribution in [0.4, 0.5) is 0 Å². The Balaban J connectivity index is 1.37. The van der Waals surface area contributed by atoms with Gasteiger partial charge in [-0.05, 0) is 53.6 Å². The second-order valence-electron chi connectivity index (χ2n) is 8.48. The van der Waals surface area contributed by atoms with Gasteiger partial charge in [0.2, 0.25) is 0 Å². The maximum atomic E-state index is 5.07. The average Bonchev–Trinajstić information content (AvgIpc) is 3.43. The van der Waals surface area contributed by atoms with Gasteiger partial charge in [0.25, 0.3) is 0 Å². The molecule has 0 N–H and O–H groups in total. The number of aromatic nitrogens is 5. The Bertz CT molecular complexity index is 1840. The van der Waals surface area contributed by atoms with Crippen molar-refractivity contribution in [3.63, 3.8) is 0 Å². The Kier molecular flexibility index (Phi) is 4.39. The van der Waals surface area contributed by atoms with Gasteiger partial charge in [0.1, 0.15) is 5.52 Å². The molecular weight excluding hydrogens is 430 g/mol. The van der Waals surface area contributed by atoms with Crippen molar-refractivity contribution >= 4 is 27.7 Å². The zero-order chi connectivity index (χ0) is 23.2. The van der Waals surface area contributed by atoms with E-state index in [0.717, 1.165) is 50.2 Å². The van der Waals surface area contributed by atoms with Gasteiger partial charge in [-0.2, -0.15) is 0 Å². The lowest BCUT2D eigenvalue weighted by Gasteiger charge is -2.10. The molecule has 5 nitrogen and oxygen atoms in total. The van der Waals surface area contributed by atoms with Crippen LogP contribution in [0.1, 0.15) is 0 Å². The van der Waals surface area contributed by atoms with Crippen LogP contribution in [0.25, 0.3) is 61.4 Å². The fourth-order valence-corrected chi connectivity index (χ4v) is 4.57. The molecule has 0 amide bonds. The summed E-state index contributed by atoms with van der Waals surface area (Å²) in [4.78, 5) is 19.0. The first-order valence-corrected chi connectivity index (χ1v) is 11.5. The number of hydrogen-bond donors (Lipinski definition) is 0. The highest BCUT2D eigenvalue weighted by molar-refractivity contribution is 5.88. The van der Waals surface area contributed by atoms with Crippen LogP contribution in [-0.2, 0) is 0 Å². The first kappa shape index (κ1) is 19.6. The molecule has 0 fully saturated rings. The molecule has 7 rings (SSSR count). The zero-order valence-electron chi connectivity index (χ0n) is 18.7. The molecule has 0 saturated carbocycles. The summed E-state index contributed by atoms with van der Waals surface area (Å²) in [7, 11) is 0. The van der Waals surface area contributed by atoms with Gasteiger partial charge in [-0.15, -0.1) is 0 Å². The van der Waals surface area contributed by atoms with Crippen LogP contribution < -0.4 is 0 Å². The Morgan fingerprint density at radius 1 is 0.600 bits per heavy atom. The van der Waals surface area contributed by atoms with Crippen molar-refractivity contribution in [1.29, 1.82) is 0 Å². The largest absolute Gasteiger partial charge is 0.298 e. The average molecular weight is 450 g/mol. The maximum absolute atomic E-state index is 5.07. The van der Waals surface area contributed by atoms with Crippen LogP contribution in [0.2, 0.25) is 0 Å². The summed E-state index contributed by atoms with van der Waals surface area (Å²) >= 11 is 0. The minimum Gasteiger partial charge on any atom is -0.298 e. The van der Waals surface area contributed by atoms with Crippen molar-refractivity contribution in [2.75, 3.05) is 0 Å². The number of hydrogen-bond acceptors (Lipinski definition) is 4. The SMILES string of the molecule is c1ccc(-c2ccc(-c3nc4cc(-c5ccc6cccnc6n5)cnc4n4cccc34)cc2)cc1. The molecule has 0 bridgehead atoms. The van der Waals surface area contributed by atoms with E-state index in [1.807, 2.05) is 48.8 Å². The molecule has 5 heterocycles. The fraction of sp³-hybridized carbons (Fsp3) is 0. The molecule has 0 saturated heterocycles. The second kappa shape index (κ2) is 7.85. The second-order valence-corrected chi connectivity index (χ2v) is 8.48. The van der Waals surface area contributed by atoms with E-state index >= 15 is 0 Å². The minimum absolute atomic E-state index is 0.720. The van der Waals surface area contributed by atoms with E-state index < -0.39 is 0 Å². The third-order valence-corrected chi connectivity index (χ3v) is 6.32. The summed E-state index contributed by atoms with van der Waals surface area (Å²) in [5, 5.41) is 1.01. The fourth-order valence-electron chi connectivity index (χ4n) is 4.57. The number of fused-ring (bicyclic) bond motifs is 4. The predicted molar refractivity (Wildman–Crippen MR) is 140 cm³/mol. The topological polar surface area (TPSA) is 56.0 Å². The molecule has 2 aromatic carbocycles. The number of benzene rings is 2. The lowest BCUT2D eigenvalue weighted by molar-refractivity contribution is 1.16. The Labute approximate surface area is 201 Å². The Morgan fingerprint density at radius 3 is 2.31 bits per heavy atom. The summed E-state index contributed by atoms with van der Waals surface area (Å²) in [5.41, 5.74) is 9.49. The van der Waals surface area contributed by atoms with Crippen molar-refractivity contribution in [3.05, 3.63) is 116 Å². The van der Waals surface area contributed by atoms with Gasteiger partial charge in [0, 0.05) is 35.1 Å². The first-order valence-electron chi connectivity index (χ1n) is 11.5. The molecular formula is C30H19N5. The van der Waals surface area contributed by atoms with Crippen LogP contribution in [0.3, 0.4) is 0 Å². The van der Waals surface area contributed by atoms with Crippen molar-refractivity contribution < 1.29 is 0 Å². The van der Waals surface area contributed by atoms with E-state index in [1.165, 1.54) is 11.1 Å². The molecule has 0 aliphatic rings. The van der Waals surface area contributed by atoms with E-state index in [2.05, 4.69) is 70.0 Å². The van der Waals surface area contributed by atoms with E-state index in [0.29, 0.717) is 0 Å². The molecule has 35 heavy (non-hydrogen) atoms. The van der Waals surface area contributed by atoms with Gasteiger partial charge < -0.3 is 0 Å². The molecule has 164 valence electrons. The van der Waals surface area contributed by atoms with Crippen molar-refractivity contribution in [3.8, 4) is 33.6 Å². The Morgan fingerprint density at radius 2 is 1.43 bits per heavy atom. The summed E-state index contributed by atoms with van der Waals surface area (Å²) < 4.78 is 2.10. The monoisotopic (exact) mass is 449 g/mol. The highest BCUT2D eigenvalue weighted by Crippen LogP contribution is 2.30. The number of nitrogens with zero attached hydrogens (tertiary/aromatic N) is 5. The van der Waals surface area contributed by atoms with E-state index in [4.69, 9.17) is 15.0 Å². The molecule has 5 aromatic heterocycles. The molecule has 0 spiro atoms. The molecule has 0 unspecified atom stereocenters. The number of pyridine rings is 3. The number of rotatable bonds is 3. The van der Waals surface area contributed by atoms with E-state index in [1.54, 1.807) is 6.20 Å². The lowest BCUT2D eigenvalue weighted by atomic mass is 10.0. The van der Waals surface area contributed by atoms with Gasteiger partial charge in [0.05, 0.1) is 16.9 Å². The van der Waals surface area contributed by atoms with Crippen molar-refractivity contribution in [2.24, 2.45) is 0 Å². The highest BCUT2D eigenvalue weighted by Gasteiger charge is 2.13. The summed E-state index contributed by atoms with van der Waals surface area (Å²) in [5.74, 6) is 0. The van der Waals surface area contributed by atoms with Gasteiger partial charge in [-0.25, -0.2) is 19.9 Å². The van der Waals surface area contributed by atoms with Crippen LogP contribution in [0.15, 0.2) is 116 Å². The highest BCUT2D eigenvalue weighted by atomic mass is 15.0. The third kappa shape index (κ3) is 3.33. The summed E-state index contributed by atoms with van der Waals surface area (Å²) in [6.07, 6.45) is 5.65. The zero-order valence-corrected chi connectivity index (χ0v) is 18.7. The predicted octanol–water partition coefficient (Wildman–Crippen LogP) is 6.83. The van der Waals surface area contributed by atoms with Crippen molar-refractivity contribution in [2.45, 2.75) is 0 Å². The standard InChI is InChI=1S/C30H19N5/c1-2-6-20(7-3-1)21-10-12-22(13-11-21)28-27-9-5-17-35(27)30-26(33-28)18-24(19-32-30)25-15-14-23-8-4-16-31-29(23)34-25/h1-19H. The van der Waals surface area contributed by atoms with Gasteiger partial charge >= 0.3 is 0 Å². The summed E-state index contributed by atoms with van der Waals surface area (Å²) in [6.45, 7) is 0. The summed E-state index contributed by atoms with van der Waals surface area (Å²) in [6, 6.07) is 33.1. The quantitative estimate of drug-likeness (QED) is 0.297. The molecule has 0 aliphatic heterocycles. The maximum Gasteiger partial charge on any atom is 0.163 e. The van der Waals surface area contributed by atoms with Crippen molar-refractivity contribution in [1.82, 2.24) is 24.3 Å². The van der Waals surface area contributed by atoms with Crippen LogP contribution in [0, 0.1) is 0 Å². The van der Waals surface area contributed by atoms with Crippen LogP contribution in [-0.4, -0.2) is 24.3 Å². The van der Waals surface area contributed by atoms with E-state index in [9.17, 15) is 0 Å². The molecule has 0 radical (unpaired) electrons. The molecule has 0 aliphatic carbocycles. The lowest BCUT2D eigenvalue weighted by Crippen LogP contribution is -1.98. The molecule has 0 atom stereocenters. The van der Waals surface area contributed by atoms with Gasteiger partial charge in [-0.3, -0.25) is 4.40 Å². The van der Waals surface area contributed by atoms with Gasteiger partial charge in [0.15, 0.2) is 11.3 Å². The van der Waals surface area contributed by atoms with Gasteiger partial charge in [-0.1, -0.05) is 54.6 Å². The molecule has 5 heteroatoms. The Hall–Kier alpha value is -4.90. The molecule has 7 aromatic rings. The normalized spacial score (nSPS) is 11.4. The smallest absolute Gasteiger partial charge is 0.163 e. The minimum atomic E-state index is 0.720.